The minimum absolute atomic E-state index is 0.0486. The van der Waals surface area contributed by atoms with Crippen LogP contribution in [0.15, 0.2) is 66.9 Å². The molecule has 0 bridgehead atoms. The predicted octanol–water partition coefficient (Wildman–Crippen LogP) is 3.06. The second-order valence-electron chi connectivity index (χ2n) is 6.71. The van der Waals surface area contributed by atoms with Crippen LogP contribution in [0, 0.1) is 11.7 Å². The van der Waals surface area contributed by atoms with Crippen LogP contribution in [-0.4, -0.2) is 28.1 Å². The second kappa shape index (κ2) is 7.64. The number of aromatic nitrogens is 2. The van der Waals surface area contributed by atoms with Crippen molar-refractivity contribution in [2.45, 2.75) is 13.0 Å². The number of hydrogen-bond acceptors (Lipinski definition) is 3. The van der Waals surface area contributed by atoms with Gasteiger partial charge in [0.05, 0.1) is 24.3 Å². The molecule has 0 saturated carbocycles. The summed E-state index contributed by atoms with van der Waals surface area (Å²) in [6, 6.07) is 17.6. The second-order valence-corrected chi connectivity index (χ2v) is 6.71. The maximum atomic E-state index is 14.0. The average molecular weight is 378 g/mol. The quantitative estimate of drug-likeness (QED) is 0.742. The number of halogens is 1. The molecule has 2 amide bonds. The summed E-state index contributed by atoms with van der Waals surface area (Å²) in [4.78, 5) is 26.3. The Balaban J connectivity index is 1.45. The summed E-state index contributed by atoms with van der Waals surface area (Å²) >= 11 is 0. The fraction of sp³-hybridized carbons (Fsp3) is 0.190. The van der Waals surface area contributed by atoms with Gasteiger partial charge in [0.15, 0.2) is 0 Å². The number of nitrogens with one attached hydrogen (secondary N) is 1. The Morgan fingerprint density at radius 1 is 1.11 bits per heavy atom. The molecule has 1 unspecified atom stereocenters. The van der Waals surface area contributed by atoms with Crippen molar-refractivity contribution in [3.63, 3.8) is 0 Å². The van der Waals surface area contributed by atoms with Gasteiger partial charge in [-0.2, -0.15) is 5.10 Å². The zero-order valence-corrected chi connectivity index (χ0v) is 15.1. The summed E-state index contributed by atoms with van der Waals surface area (Å²) in [5.74, 6) is -0.999. The van der Waals surface area contributed by atoms with Crippen LogP contribution in [0.1, 0.15) is 12.0 Å². The van der Waals surface area contributed by atoms with Crippen LogP contribution in [0.4, 0.5) is 15.9 Å². The Kier molecular flexibility index (Phi) is 4.89. The van der Waals surface area contributed by atoms with Gasteiger partial charge in [0.2, 0.25) is 11.8 Å². The highest BCUT2D eigenvalue weighted by atomic mass is 19.1. The van der Waals surface area contributed by atoms with Gasteiger partial charge in [-0.05, 0) is 17.7 Å². The molecular weight excluding hydrogens is 359 g/mol. The zero-order chi connectivity index (χ0) is 19.5. The number of benzene rings is 2. The summed E-state index contributed by atoms with van der Waals surface area (Å²) in [5, 5.41) is 7.10. The molecule has 1 saturated heterocycles. The Labute approximate surface area is 161 Å². The van der Waals surface area contributed by atoms with Crippen LogP contribution in [0.25, 0.3) is 0 Å². The van der Waals surface area contributed by atoms with Crippen LogP contribution >= 0.6 is 0 Å². The van der Waals surface area contributed by atoms with Gasteiger partial charge in [0.1, 0.15) is 11.6 Å². The molecule has 1 aliphatic heterocycles. The summed E-state index contributed by atoms with van der Waals surface area (Å²) < 4.78 is 15.7. The van der Waals surface area contributed by atoms with E-state index < -0.39 is 11.7 Å². The molecule has 3 aromatic rings. The van der Waals surface area contributed by atoms with Crippen LogP contribution in [0.2, 0.25) is 0 Å². The van der Waals surface area contributed by atoms with Crippen molar-refractivity contribution in [3.05, 3.63) is 78.2 Å². The van der Waals surface area contributed by atoms with Gasteiger partial charge >= 0.3 is 0 Å². The van der Waals surface area contributed by atoms with Crippen LogP contribution in [-0.2, 0) is 16.1 Å². The van der Waals surface area contributed by atoms with E-state index in [9.17, 15) is 14.0 Å². The van der Waals surface area contributed by atoms with Gasteiger partial charge in [-0.1, -0.05) is 42.5 Å². The lowest BCUT2D eigenvalue weighted by atomic mass is 10.1. The molecule has 0 radical (unpaired) electrons. The van der Waals surface area contributed by atoms with Crippen molar-refractivity contribution in [2.24, 2.45) is 5.92 Å². The molecule has 142 valence electrons. The third-order valence-corrected chi connectivity index (χ3v) is 4.78. The molecule has 6 nitrogen and oxygen atoms in total. The van der Waals surface area contributed by atoms with E-state index in [-0.39, 0.29) is 30.5 Å². The van der Waals surface area contributed by atoms with E-state index in [1.807, 2.05) is 30.3 Å². The van der Waals surface area contributed by atoms with Gasteiger partial charge in [-0.3, -0.25) is 9.59 Å². The Hall–Kier alpha value is -3.48. The number of carbonyl (C=O) groups excluding carboxylic acids is 2. The van der Waals surface area contributed by atoms with E-state index >= 15 is 0 Å². The van der Waals surface area contributed by atoms with Crippen molar-refractivity contribution in [2.75, 3.05) is 16.8 Å². The predicted molar refractivity (Wildman–Crippen MR) is 103 cm³/mol. The first-order chi connectivity index (χ1) is 13.6. The molecule has 1 fully saturated rings. The van der Waals surface area contributed by atoms with Gasteiger partial charge in [0.25, 0.3) is 0 Å². The maximum Gasteiger partial charge on any atom is 0.230 e. The summed E-state index contributed by atoms with van der Waals surface area (Å²) in [6.07, 6.45) is 1.66. The average Bonchev–Trinajstić information content (AvgIpc) is 3.29. The molecule has 1 atom stereocenters. The third-order valence-electron chi connectivity index (χ3n) is 4.78. The highest BCUT2D eigenvalue weighted by molar-refractivity contribution is 6.03. The van der Waals surface area contributed by atoms with E-state index in [0.29, 0.717) is 12.4 Å². The first-order valence-corrected chi connectivity index (χ1v) is 9.03. The van der Waals surface area contributed by atoms with E-state index in [1.54, 1.807) is 35.1 Å². The van der Waals surface area contributed by atoms with Gasteiger partial charge in [-0.15, -0.1) is 0 Å². The number of nitrogens with zero attached hydrogens (tertiary/aromatic N) is 3. The lowest BCUT2D eigenvalue weighted by Crippen LogP contribution is -2.29. The van der Waals surface area contributed by atoms with Gasteiger partial charge in [-0.25, -0.2) is 9.07 Å². The van der Waals surface area contributed by atoms with E-state index in [0.717, 1.165) is 5.56 Å². The van der Waals surface area contributed by atoms with Crippen LogP contribution in [0.3, 0.4) is 0 Å². The summed E-state index contributed by atoms with van der Waals surface area (Å²) in [7, 11) is 0. The van der Waals surface area contributed by atoms with Crippen LogP contribution in [0.5, 0.6) is 0 Å². The number of anilines is 2. The van der Waals surface area contributed by atoms with E-state index in [1.165, 1.54) is 11.0 Å². The van der Waals surface area contributed by atoms with Crippen LogP contribution < -0.4 is 10.2 Å². The number of amides is 2. The maximum absolute atomic E-state index is 14.0. The molecule has 2 aromatic carbocycles. The molecule has 0 aliphatic carbocycles. The third kappa shape index (κ3) is 3.64. The standard InChI is InChI=1S/C21H19FN4O2/c22-17-8-4-5-9-18(17)25-14-16(12-20(25)27)21(28)24-19-10-11-23-26(19)13-15-6-2-1-3-7-15/h1-11,16H,12-14H2,(H,24,28). The first-order valence-electron chi connectivity index (χ1n) is 9.03. The molecule has 28 heavy (non-hydrogen) atoms. The van der Waals surface area contributed by atoms with E-state index in [2.05, 4.69) is 10.4 Å². The fourth-order valence-electron chi connectivity index (χ4n) is 3.34. The highest BCUT2D eigenvalue weighted by Gasteiger charge is 2.36. The Morgan fingerprint density at radius 3 is 2.64 bits per heavy atom. The normalized spacial score (nSPS) is 16.4. The smallest absolute Gasteiger partial charge is 0.230 e. The molecular formula is C21H19FN4O2. The lowest BCUT2D eigenvalue weighted by Gasteiger charge is -2.17. The fourth-order valence-corrected chi connectivity index (χ4v) is 3.34. The number of hydrogen-bond donors (Lipinski definition) is 1. The minimum Gasteiger partial charge on any atom is -0.311 e. The van der Waals surface area contributed by atoms with Crippen molar-refractivity contribution in [3.8, 4) is 0 Å². The Bertz CT molecular complexity index is 1000. The summed E-state index contributed by atoms with van der Waals surface area (Å²) in [5.41, 5.74) is 1.26. The number of para-hydroxylation sites is 1. The topological polar surface area (TPSA) is 67.2 Å². The zero-order valence-electron chi connectivity index (χ0n) is 15.1. The van der Waals surface area contributed by atoms with Crippen molar-refractivity contribution < 1.29 is 14.0 Å². The minimum atomic E-state index is -0.549. The Morgan fingerprint density at radius 2 is 1.86 bits per heavy atom. The summed E-state index contributed by atoms with van der Waals surface area (Å²) in [6.45, 7) is 0.673. The molecule has 1 N–H and O–H groups in total. The number of carbonyl (C=O) groups is 2. The van der Waals surface area contributed by atoms with Crippen molar-refractivity contribution in [1.29, 1.82) is 0 Å². The monoisotopic (exact) mass is 378 g/mol. The van der Waals surface area contributed by atoms with Crippen molar-refractivity contribution in [1.82, 2.24) is 9.78 Å². The van der Waals surface area contributed by atoms with Gasteiger partial charge in [0, 0.05) is 19.0 Å². The molecule has 1 aliphatic rings. The first kappa shape index (κ1) is 17.9. The lowest BCUT2D eigenvalue weighted by molar-refractivity contribution is -0.122. The number of rotatable bonds is 5. The largest absolute Gasteiger partial charge is 0.311 e. The molecule has 2 heterocycles. The molecule has 0 spiro atoms. The molecule has 7 heteroatoms. The SMILES string of the molecule is O=C(Nc1ccnn1Cc1ccccc1)C1CC(=O)N(c2ccccc2F)C1. The molecule has 4 rings (SSSR count). The highest BCUT2D eigenvalue weighted by Crippen LogP contribution is 2.28. The van der Waals surface area contributed by atoms with E-state index in [4.69, 9.17) is 0 Å². The van der Waals surface area contributed by atoms with Gasteiger partial charge < -0.3 is 10.2 Å². The van der Waals surface area contributed by atoms with Crippen molar-refractivity contribution >= 4 is 23.3 Å². The molecule has 1 aromatic heterocycles.